The van der Waals surface area contributed by atoms with E-state index in [1.54, 1.807) is 19.0 Å². The Morgan fingerprint density at radius 2 is 2.08 bits per heavy atom. The Morgan fingerprint density at radius 3 is 2.58 bits per heavy atom. The average molecular weight is 170 g/mol. The number of rotatable bonds is 2. The van der Waals surface area contributed by atoms with Crippen molar-refractivity contribution in [3.05, 3.63) is 10.5 Å². The number of H-pyrrole nitrogens is 1. The SMILES string of the molecule is COc1nc(N(C)C)[nH]c(=O)n1. The van der Waals surface area contributed by atoms with E-state index in [1.807, 2.05) is 0 Å². The van der Waals surface area contributed by atoms with Gasteiger partial charge in [0.2, 0.25) is 5.95 Å². The fourth-order valence-electron chi connectivity index (χ4n) is 0.657. The minimum atomic E-state index is -0.467. The third-order valence-corrected chi connectivity index (χ3v) is 1.22. The number of hydrogen-bond donors (Lipinski definition) is 1. The molecule has 6 heteroatoms. The summed E-state index contributed by atoms with van der Waals surface area (Å²) in [4.78, 5) is 22.3. The zero-order chi connectivity index (χ0) is 9.14. The molecule has 12 heavy (non-hydrogen) atoms. The van der Waals surface area contributed by atoms with E-state index in [2.05, 4.69) is 15.0 Å². The molecule has 1 aromatic rings. The van der Waals surface area contributed by atoms with E-state index < -0.39 is 5.69 Å². The van der Waals surface area contributed by atoms with Gasteiger partial charge >= 0.3 is 11.7 Å². The van der Waals surface area contributed by atoms with Gasteiger partial charge in [0.1, 0.15) is 0 Å². The first-order valence-corrected chi connectivity index (χ1v) is 3.33. The van der Waals surface area contributed by atoms with Gasteiger partial charge in [0.15, 0.2) is 0 Å². The Labute approximate surface area is 69.2 Å². The monoisotopic (exact) mass is 170 g/mol. The average Bonchev–Trinajstić information content (AvgIpc) is 2.03. The quantitative estimate of drug-likeness (QED) is 0.631. The highest BCUT2D eigenvalue weighted by Crippen LogP contribution is 2.02. The van der Waals surface area contributed by atoms with E-state index in [0.717, 1.165) is 0 Å². The van der Waals surface area contributed by atoms with Crippen LogP contribution in [-0.2, 0) is 0 Å². The lowest BCUT2D eigenvalue weighted by Crippen LogP contribution is -2.21. The van der Waals surface area contributed by atoms with E-state index in [0.29, 0.717) is 5.95 Å². The van der Waals surface area contributed by atoms with Crippen LogP contribution in [0, 0.1) is 0 Å². The summed E-state index contributed by atoms with van der Waals surface area (Å²) in [7, 11) is 4.93. The van der Waals surface area contributed by atoms with Crippen LogP contribution in [0.15, 0.2) is 4.79 Å². The van der Waals surface area contributed by atoms with Crippen LogP contribution in [0.4, 0.5) is 5.95 Å². The fourth-order valence-corrected chi connectivity index (χ4v) is 0.657. The number of ether oxygens (including phenoxy) is 1. The summed E-state index contributed by atoms with van der Waals surface area (Å²) in [5.41, 5.74) is -0.467. The van der Waals surface area contributed by atoms with Crippen LogP contribution in [0.1, 0.15) is 0 Å². The molecule has 0 radical (unpaired) electrons. The van der Waals surface area contributed by atoms with Gasteiger partial charge in [-0.2, -0.15) is 4.98 Å². The molecule has 0 saturated heterocycles. The van der Waals surface area contributed by atoms with Crippen molar-refractivity contribution in [2.75, 3.05) is 26.1 Å². The molecule has 0 aliphatic rings. The zero-order valence-corrected chi connectivity index (χ0v) is 7.16. The van der Waals surface area contributed by atoms with Gasteiger partial charge in [-0.25, -0.2) is 4.79 Å². The first kappa shape index (κ1) is 8.51. The minimum Gasteiger partial charge on any atom is -0.467 e. The number of nitrogens with zero attached hydrogens (tertiary/aromatic N) is 3. The van der Waals surface area contributed by atoms with Gasteiger partial charge in [-0.15, -0.1) is 4.98 Å². The summed E-state index contributed by atoms with van der Waals surface area (Å²) in [5, 5.41) is 0. The lowest BCUT2D eigenvalue weighted by Gasteiger charge is -2.09. The highest BCUT2D eigenvalue weighted by Gasteiger charge is 2.02. The van der Waals surface area contributed by atoms with Gasteiger partial charge < -0.3 is 9.64 Å². The maximum Gasteiger partial charge on any atom is 0.352 e. The van der Waals surface area contributed by atoms with Crippen molar-refractivity contribution in [1.29, 1.82) is 0 Å². The maximum atomic E-state index is 10.9. The molecule has 0 spiro atoms. The molecule has 0 aliphatic heterocycles. The lowest BCUT2D eigenvalue weighted by molar-refractivity contribution is 0.376. The molecule has 0 fully saturated rings. The topological polar surface area (TPSA) is 71.1 Å². The maximum absolute atomic E-state index is 10.9. The van der Waals surface area contributed by atoms with Gasteiger partial charge in [0.05, 0.1) is 7.11 Å². The highest BCUT2D eigenvalue weighted by molar-refractivity contribution is 5.25. The molecule has 0 aromatic carbocycles. The molecular formula is C6H10N4O2. The molecule has 0 saturated carbocycles. The van der Waals surface area contributed by atoms with Crippen LogP contribution < -0.4 is 15.3 Å². The molecule has 0 aliphatic carbocycles. The van der Waals surface area contributed by atoms with Crippen molar-refractivity contribution in [3.63, 3.8) is 0 Å². The molecule has 1 N–H and O–H groups in total. The summed E-state index contributed by atoms with van der Waals surface area (Å²) >= 11 is 0. The predicted molar refractivity (Wildman–Crippen MR) is 43.5 cm³/mol. The number of hydrogen-bond acceptors (Lipinski definition) is 5. The van der Waals surface area contributed by atoms with Gasteiger partial charge in [-0.1, -0.05) is 0 Å². The van der Waals surface area contributed by atoms with Crippen molar-refractivity contribution in [1.82, 2.24) is 15.0 Å². The van der Waals surface area contributed by atoms with E-state index in [-0.39, 0.29) is 6.01 Å². The molecule has 0 bridgehead atoms. The minimum absolute atomic E-state index is 0.0717. The molecule has 0 amide bonds. The number of methoxy groups -OCH3 is 1. The number of nitrogens with one attached hydrogen (secondary N) is 1. The molecule has 0 unspecified atom stereocenters. The van der Waals surface area contributed by atoms with Crippen LogP contribution in [0.5, 0.6) is 6.01 Å². The summed E-state index contributed by atoms with van der Waals surface area (Å²) in [6, 6.07) is 0.0717. The molecule has 6 nitrogen and oxygen atoms in total. The molecule has 0 atom stereocenters. The van der Waals surface area contributed by atoms with Gasteiger partial charge in [-0.3, -0.25) is 4.98 Å². The van der Waals surface area contributed by atoms with Crippen LogP contribution in [0.3, 0.4) is 0 Å². The smallest absolute Gasteiger partial charge is 0.352 e. The number of aromatic amines is 1. The lowest BCUT2D eigenvalue weighted by atomic mass is 10.8. The predicted octanol–water partition coefficient (Wildman–Crippen LogP) is -0.761. The summed E-state index contributed by atoms with van der Waals surface area (Å²) in [6.45, 7) is 0. The Morgan fingerprint density at radius 1 is 1.42 bits per heavy atom. The largest absolute Gasteiger partial charge is 0.467 e. The summed E-state index contributed by atoms with van der Waals surface area (Å²) in [6.07, 6.45) is 0. The van der Waals surface area contributed by atoms with E-state index in [4.69, 9.17) is 4.74 Å². The standard InChI is InChI=1S/C6H10N4O2/c1-10(2)4-7-5(11)9-6(8-4)12-3/h1-3H3,(H,7,8,9,11). The van der Waals surface area contributed by atoms with E-state index >= 15 is 0 Å². The van der Waals surface area contributed by atoms with Crippen LogP contribution in [0.2, 0.25) is 0 Å². The Kier molecular flexibility index (Phi) is 2.27. The van der Waals surface area contributed by atoms with Gasteiger partial charge in [0, 0.05) is 14.1 Å². The third-order valence-electron chi connectivity index (χ3n) is 1.22. The number of aromatic nitrogens is 3. The van der Waals surface area contributed by atoms with E-state index in [9.17, 15) is 4.79 Å². The van der Waals surface area contributed by atoms with E-state index in [1.165, 1.54) is 7.11 Å². The highest BCUT2D eigenvalue weighted by atomic mass is 16.5. The van der Waals surface area contributed by atoms with Crippen LogP contribution in [0.25, 0.3) is 0 Å². The van der Waals surface area contributed by atoms with Crippen molar-refractivity contribution < 1.29 is 4.74 Å². The summed E-state index contributed by atoms with van der Waals surface area (Å²) in [5.74, 6) is 0.423. The Bertz CT molecular complexity index is 320. The first-order chi connectivity index (χ1) is 5.63. The molecule has 1 rings (SSSR count). The Balaban J connectivity index is 3.15. The van der Waals surface area contributed by atoms with Crippen LogP contribution >= 0.6 is 0 Å². The second kappa shape index (κ2) is 3.21. The molecule has 1 heterocycles. The summed E-state index contributed by atoms with van der Waals surface area (Å²) < 4.78 is 4.72. The molecule has 1 aromatic heterocycles. The Hall–Kier alpha value is -1.59. The van der Waals surface area contributed by atoms with Gasteiger partial charge in [0.25, 0.3) is 0 Å². The normalized spacial score (nSPS) is 9.58. The van der Waals surface area contributed by atoms with Crippen molar-refractivity contribution in [3.8, 4) is 6.01 Å². The molecular weight excluding hydrogens is 160 g/mol. The zero-order valence-electron chi connectivity index (χ0n) is 7.16. The van der Waals surface area contributed by atoms with Crippen molar-refractivity contribution in [2.24, 2.45) is 0 Å². The van der Waals surface area contributed by atoms with Crippen molar-refractivity contribution in [2.45, 2.75) is 0 Å². The third kappa shape index (κ3) is 1.71. The van der Waals surface area contributed by atoms with Gasteiger partial charge in [-0.05, 0) is 0 Å². The fraction of sp³-hybridized carbons (Fsp3) is 0.500. The second-order valence-corrected chi connectivity index (χ2v) is 2.36. The second-order valence-electron chi connectivity index (χ2n) is 2.36. The molecule has 66 valence electrons. The van der Waals surface area contributed by atoms with Crippen molar-refractivity contribution >= 4 is 5.95 Å². The van der Waals surface area contributed by atoms with Crippen LogP contribution in [-0.4, -0.2) is 36.2 Å². The first-order valence-electron chi connectivity index (χ1n) is 3.33. The number of anilines is 1.